The van der Waals surface area contributed by atoms with Crippen molar-refractivity contribution in [1.82, 2.24) is 5.32 Å². The summed E-state index contributed by atoms with van der Waals surface area (Å²) in [5.41, 5.74) is 5.46. The van der Waals surface area contributed by atoms with Gasteiger partial charge < -0.3 is 15.5 Å². The highest BCUT2D eigenvalue weighted by Crippen LogP contribution is 2.08. The number of rotatable bonds is 6. The van der Waals surface area contributed by atoms with Gasteiger partial charge in [-0.15, -0.1) is 0 Å². The molecule has 1 rings (SSSR count). The van der Waals surface area contributed by atoms with E-state index < -0.39 is 0 Å². The molecule has 1 atom stereocenters. The highest BCUT2D eigenvalue weighted by Gasteiger charge is 2.03. The summed E-state index contributed by atoms with van der Waals surface area (Å²) in [5.74, 6) is 2.05. The Morgan fingerprint density at radius 3 is 2.71 bits per heavy atom. The monoisotopic (exact) mass is 196 g/mol. The zero-order valence-corrected chi connectivity index (χ0v) is 9.05. The van der Waals surface area contributed by atoms with Crippen molar-refractivity contribution in [2.75, 3.05) is 6.54 Å². The molecule has 1 heterocycles. The summed E-state index contributed by atoms with van der Waals surface area (Å²) >= 11 is 0. The first-order valence-corrected chi connectivity index (χ1v) is 5.27. The maximum atomic E-state index is 5.57. The van der Waals surface area contributed by atoms with Gasteiger partial charge in [-0.25, -0.2) is 0 Å². The van der Waals surface area contributed by atoms with E-state index in [1.54, 1.807) is 0 Å². The van der Waals surface area contributed by atoms with Gasteiger partial charge in [0.15, 0.2) is 0 Å². The Labute approximate surface area is 85.7 Å². The quantitative estimate of drug-likeness (QED) is 0.727. The van der Waals surface area contributed by atoms with Crippen molar-refractivity contribution in [3.63, 3.8) is 0 Å². The molecule has 0 aliphatic heterocycles. The fourth-order valence-electron chi connectivity index (χ4n) is 1.33. The number of nitrogens with one attached hydrogen (secondary N) is 1. The molecule has 0 amide bonds. The van der Waals surface area contributed by atoms with Gasteiger partial charge in [-0.2, -0.15) is 0 Å². The lowest BCUT2D eigenvalue weighted by molar-refractivity contribution is 0.425. The molecule has 1 aromatic heterocycles. The van der Waals surface area contributed by atoms with Crippen LogP contribution in [0.1, 0.15) is 31.8 Å². The van der Waals surface area contributed by atoms with E-state index in [2.05, 4.69) is 19.2 Å². The highest BCUT2D eigenvalue weighted by atomic mass is 16.3. The molecule has 0 aliphatic rings. The summed E-state index contributed by atoms with van der Waals surface area (Å²) in [6.45, 7) is 5.75. The predicted octanol–water partition coefficient (Wildman–Crippen LogP) is 1.67. The van der Waals surface area contributed by atoms with E-state index in [-0.39, 0.29) is 0 Å². The third kappa shape index (κ3) is 3.52. The molecule has 0 saturated carbocycles. The van der Waals surface area contributed by atoms with Gasteiger partial charge in [-0.3, -0.25) is 0 Å². The maximum Gasteiger partial charge on any atom is 0.117 e. The average molecular weight is 196 g/mol. The second kappa shape index (κ2) is 5.83. The van der Waals surface area contributed by atoms with E-state index in [0.717, 1.165) is 37.5 Å². The van der Waals surface area contributed by atoms with Crippen molar-refractivity contribution in [1.29, 1.82) is 0 Å². The number of furan rings is 1. The third-order valence-electron chi connectivity index (χ3n) is 2.29. The van der Waals surface area contributed by atoms with Gasteiger partial charge in [0, 0.05) is 12.5 Å². The summed E-state index contributed by atoms with van der Waals surface area (Å²) in [4.78, 5) is 0. The summed E-state index contributed by atoms with van der Waals surface area (Å²) < 4.78 is 5.57. The Bertz CT molecular complexity index is 258. The van der Waals surface area contributed by atoms with Crippen molar-refractivity contribution < 1.29 is 4.42 Å². The van der Waals surface area contributed by atoms with Crippen molar-refractivity contribution in [3.8, 4) is 0 Å². The van der Waals surface area contributed by atoms with Gasteiger partial charge in [0.25, 0.3) is 0 Å². The van der Waals surface area contributed by atoms with E-state index in [0.29, 0.717) is 6.04 Å². The molecule has 0 spiro atoms. The van der Waals surface area contributed by atoms with E-state index in [4.69, 9.17) is 10.2 Å². The van der Waals surface area contributed by atoms with Crippen LogP contribution in [0.15, 0.2) is 16.5 Å². The zero-order chi connectivity index (χ0) is 10.4. The topological polar surface area (TPSA) is 51.2 Å². The molecule has 3 N–H and O–H groups in total. The predicted molar refractivity (Wildman–Crippen MR) is 58.1 cm³/mol. The Hall–Kier alpha value is -0.800. The molecule has 80 valence electrons. The van der Waals surface area contributed by atoms with Gasteiger partial charge in [0.2, 0.25) is 0 Å². The number of nitrogens with two attached hydrogens (primary N) is 1. The maximum absolute atomic E-state index is 5.57. The second-order valence-electron chi connectivity index (χ2n) is 3.58. The zero-order valence-electron chi connectivity index (χ0n) is 9.05. The Balaban J connectivity index is 2.30. The smallest absolute Gasteiger partial charge is 0.117 e. The summed E-state index contributed by atoms with van der Waals surface area (Å²) in [5, 5.41) is 3.36. The summed E-state index contributed by atoms with van der Waals surface area (Å²) in [6.07, 6.45) is 1.96. The molecule has 0 aromatic carbocycles. The molecule has 3 heteroatoms. The van der Waals surface area contributed by atoms with Crippen LogP contribution in [0.2, 0.25) is 0 Å². The minimum absolute atomic E-state index is 0.454. The number of hydrogen-bond acceptors (Lipinski definition) is 3. The molecule has 0 aliphatic carbocycles. The van der Waals surface area contributed by atoms with Crippen LogP contribution < -0.4 is 11.1 Å². The molecule has 3 nitrogen and oxygen atoms in total. The highest BCUT2D eigenvalue weighted by molar-refractivity contribution is 5.06. The van der Waals surface area contributed by atoms with Crippen LogP contribution in [0.5, 0.6) is 0 Å². The average Bonchev–Trinajstić information content (AvgIpc) is 2.63. The van der Waals surface area contributed by atoms with Gasteiger partial charge >= 0.3 is 0 Å². The van der Waals surface area contributed by atoms with E-state index in [1.807, 2.05) is 12.1 Å². The number of aryl methyl sites for hydroxylation is 1. The van der Waals surface area contributed by atoms with Crippen LogP contribution in [0.3, 0.4) is 0 Å². The first kappa shape index (κ1) is 11.3. The molecule has 0 saturated heterocycles. The molecule has 0 radical (unpaired) electrons. The van der Waals surface area contributed by atoms with E-state index in [1.165, 1.54) is 0 Å². The van der Waals surface area contributed by atoms with Crippen LogP contribution in [-0.2, 0) is 13.0 Å². The lowest BCUT2D eigenvalue weighted by Crippen LogP contribution is -2.27. The normalized spacial score (nSPS) is 13.1. The fraction of sp³-hybridized carbons (Fsp3) is 0.636. The van der Waals surface area contributed by atoms with Crippen molar-refractivity contribution >= 4 is 0 Å². The molecule has 1 aromatic rings. The Morgan fingerprint density at radius 1 is 1.43 bits per heavy atom. The fourth-order valence-corrected chi connectivity index (χ4v) is 1.33. The largest absolute Gasteiger partial charge is 0.465 e. The van der Waals surface area contributed by atoms with Crippen molar-refractivity contribution in [3.05, 3.63) is 23.7 Å². The Morgan fingerprint density at radius 2 is 2.14 bits per heavy atom. The van der Waals surface area contributed by atoms with E-state index in [9.17, 15) is 0 Å². The summed E-state index contributed by atoms with van der Waals surface area (Å²) in [7, 11) is 0. The van der Waals surface area contributed by atoms with Gasteiger partial charge in [0.1, 0.15) is 11.5 Å². The minimum Gasteiger partial charge on any atom is -0.465 e. The SMILES string of the molecule is CCc1ccc(CNC(C)CCN)o1. The van der Waals surface area contributed by atoms with Crippen LogP contribution in [0, 0.1) is 0 Å². The third-order valence-corrected chi connectivity index (χ3v) is 2.29. The summed E-state index contributed by atoms with van der Waals surface area (Å²) in [6, 6.07) is 4.51. The van der Waals surface area contributed by atoms with E-state index >= 15 is 0 Å². The molecular formula is C11H20N2O. The van der Waals surface area contributed by atoms with Gasteiger partial charge in [-0.05, 0) is 32.0 Å². The molecule has 0 bridgehead atoms. The first-order chi connectivity index (χ1) is 6.76. The van der Waals surface area contributed by atoms with Crippen LogP contribution in [0.4, 0.5) is 0 Å². The molecule has 14 heavy (non-hydrogen) atoms. The molecule has 0 fully saturated rings. The lowest BCUT2D eigenvalue weighted by Gasteiger charge is -2.10. The van der Waals surface area contributed by atoms with Crippen LogP contribution >= 0.6 is 0 Å². The van der Waals surface area contributed by atoms with Crippen LogP contribution in [-0.4, -0.2) is 12.6 Å². The standard InChI is InChI=1S/C11H20N2O/c1-3-10-4-5-11(14-10)8-13-9(2)6-7-12/h4-5,9,13H,3,6-8,12H2,1-2H3. The first-order valence-electron chi connectivity index (χ1n) is 5.27. The van der Waals surface area contributed by atoms with Crippen molar-refractivity contribution in [2.45, 2.75) is 39.3 Å². The lowest BCUT2D eigenvalue weighted by atomic mass is 10.2. The van der Waals surface area contributed by atoms with Gasteiger partial charge in [-0.1, -0.05) is 6.92 Å². The van der Waals surface area contributed by atoms with Gasteiger partial charge in [0.05, 0.1) is 6.54 Å². The minimum atomic E-state index is 0.454. The van der Waals surface area contributed by atoms with Crippen LogP contribution in [0.25, 0.3) is 0 Å². The number of hydrogen-bond donors (Lipinski definition) is 2. The molecule has 1 unspecified atom stereocenters. The molecular weight excluding hydrogens is 176 g/mol. The second-order valence-corrected chi connectivity index (χ2v) is 3.58. The van der Waals surface area contributed by atoms with Crippen molar-refractivity contribution in [2.24, 2.45) is 5.73 Å². The Kier molecular flexibility index (Phi) is 4.70.